The second kappa shape index (κ2) is 9.65. The molecule has 0 aliphatic carbocycles. The van der Waals surface area contributed by atoms with Gasteiger partial charge in [-0.05, 0) is 49.4 Å². The van der Waals surface area contributed by atoms with Crippen molar-refractivity contribution < 1.29 is 13.9 Å². The van der Waals surface area contributed by atoms with E-state index in [1.165, 1.54) is 18.3 Å². The van der Waals surface area contributed by atoms with Crippen molar-refractivity contribution in [2.24, 2.45) is 0 Å². The van der Waals surface area contributed by atoms with Gasteiger partial charge in [0.05, 0.1) is 30.7 Å². The summed E-state index contributed by atoms with van der Waals surface area (Å²) >= 11 is 0. The summed E-state index contributed by atoms with van der Waals surface area (Å²) in [5.74, 6) is -0.446. The molecule has 1 saturated heterocycles. The smallest absolute Gasteiger partial charge is 0.196 e. The first-order chi connectivity index (χ1) is 14.7. The number of benzene rings is 2. The molecule has 0 radical (unpaired) electrons. The predicted molar refractivity (Wildman–Crippen MR) is 114 cm³/mol. The molecule has 0 amide bonds. The van der Waals surface area contributed by atoms with Gasteiger partial charge >= 0.3 is 0 Å². The molecule has 4 rings (SSSR count). The van der Waals surface area contributed by atoms with Crippen LogP contribution < -0.4 is 5.32 Å². The van der Waals surface area contributed by atoms with Gasteiger partial charge in [0.2, 0.25) is 0 Å². The molecule has 0 unspecified atom stereocenters. The standard InChI is InChI=1S/C23H25FN4O2/c24-19-7-5-17(6-8-19)22-21(16-26-27-22)23(29)18-3-1-4-20(15-18)25-9-2-10-28-11-13-30-14-12-28/h1,3-8,15-16,25H,2,9-14H2,(H,26,27). The monoisotopic (exact) mass is 408 g/mol. The quantitative estimate of drug-likeness (QED) is 0.440. The molecule has 7 heteroatoms. The van der Waals surface area contributed by atoms with Gasteiger partial charge in [0.15, 0.2) is 5.78 Å². The highest BCUT2D eigenvalue weighted by Crippen LogP contribution is 2.24. The van der Waals surface area contributed by atoms with E-state index in [0.717, 1.165) is 57.1 Å². The molecule has 156 valence electrons. The Hall–Kier alpha value is -3.03. The maximum Gasteiger partial charge on any atom is 0.196 e. The number of aromatic amines is 1. The summed E-state index contributed by atoms with van der Waals surface area (Å²) in [7, 11) is 0. The summed E-state index contributed by atoms with van der Waals surface area (Å²) in [5, 5.41) is 10.3. The van der Waals surface area contributed by atoms with Crippen molar-refractivity contribution in [2.75, 3.05) is 44.7 Å². The zero-order valence-corrected chi connectivity index (χ0v) is 16.7. The number of halogens is 1. The molecule has 3 aromatic rings. The van der Waals surface area contributed by atoms with E-state index in [1.807, 2.05) is 18.2 Å². The highest BCUT2D eigenvalue weighted by molar-refractivity contribution is 6.12. The van der Waals surface area contributed by atoms with E-state index in [1.54, 1.807) is 18.2 Å². The average Bonchev–Trinajstić information content (AvgIpc) is 3.27. The molecule has 2 aromatic carbocycles. The van der Waals surface area contributed by atoms with Gasteiger partial charge in [0.25, 0.3) is 0 Å². The van der Waals surface area contributed by atoms with E-state index >= 15 is 0 Å². The van der Waals surface area contributed by atoms with Crippen LogP contribution in [0, 0.1) is 5.82 Å². The lowest BCUT2D eigenvalue weighted by Gasteiger charge is -2.26. The summed E-state index contributed by atoms with van der Waals surface area (Å²) in [6.45, 7) is 5.47. The second-order valence-corrected chi connectivity index (χ2v) is 7.31. The maximum absolute atomic E-state index is 13.2. The van der Waals surface area contributed by atoms with Crippen molar-refractivity contribution in [3.63, 3.8) is 0 Å². The SMILES string of the molecule is O=C(c1cccc(NCCCN2CCOCC2)c1)c1cn[nH]c1-c1ccc(F)cc1. The van der Waals surface area contributed by atoms with Gasteiger partial charge in [0, 0.05) is 36.4 Å². The Balaban J connectivity index is 1.39. The van der Waals surface area contributed by atoms with E-state index < -0.39 is 0 Å². The minimum Gasteiger partial charge on any atom is -0.385 e. The minimum atomic E-state index is -0.321. The Kier molecular flexibility index (Phi) is 6.51. The van der Waals surface area contributed by atoms with Crippen molar-refractivity contribution in [1.29, 1.82) is 0 Å². The summed E-state index contributed by atoms with van der Waals surface area (Å²) in [5.41, 5.74) is 3.26. The van der Waals surface area contributed by atoms with Gasteiger partial charge < -0.3 is 10.1 Å². The Morgan fingerprint density at radius 1 is 1.17 bits per heavy atom. The number of carbonyl (C=O) groups is 1. The summed E-state index contributed by atoms with van der Waals surface area (Å²) in [6.07, 6.45) is 2.54. The number of nitrogens with zero attached hydrogens (tertiary/aromatic N) is 2. The molecular formula is C23H25FN4O2. The van der Waals surface area contributed by atoms with Crippen LogP contribution in [-0.2, 0) is 4.74 Å². The van der Waals surface area contributed by atoms with E-state index in [2.05, 4.69) is 20.4 Å². The molecule has 0 spiro atoms. The number of aromatic nitrogens is 2. The van der Waals surface area contributed by atoms with Crippen LogP contribution in [0.1, 0.15) is 22.3 Å². The van der Waals surface area contributed by atoms with Crippen LogP contribution in [0.4, 0.5) is 10.1 Å². The zero-order valence-electron chi connectivity index (χ0n) is 16.7. The lowest BCUT2D eigenvalue weighted by Crippen LogP contribution is -2.37. The fraction of sp³-hybridized carbons (Fsp3) is 0.304. The number of ketones is 1. The number of hydrogen-bond donors (Lipinski definition) is 2. The van der Waals surface area contributed by atoms with Crippen molar-refractivity contribution in [3.8, 4) is 11.3 Å². The van der Waals surface area contributed by atoms with Crippen LogP contribution in [0.5, 0.6) is 0 Å². The molecule has 6 nitrogen and oxygen atoms in total. The summed E-state index contributed by atoms with van der Waals surface area (Å²) in [4.78, 5) is 15.5. The van der Waals surface area contributed by atoms with Crippen molar-refractivity contribution >= 4 is 11.5 Å². The normalized spacial score (nSPS) is 14.6. The molecule has 0 saturated carbocycles. The Morgan fingerprint density at radius 3 is 2.77 bits per heavy atom. The van der Waals surface area contributed by atoms with Crippen LogP contribution in [0.3, 0.4) is 0 Å². The lowest BCUT2D eigenvalue weighted by atomic mass is 10.00. The number of rotatable bonds is 8. The molecule has 1 aliphatic rings. The third-order valence-corrected chi connectivity index (χ3v) is 5.23. The van der Waals surface area contributed by atoms with Crippen molar-refractivity contribution in [1.82, 2.24) is 15.1 Å². The molecule has 0 atom stereocenters. The molecular weight excluding hydrogens is 383 g/mol. The predicted octanol–water partition coefficient (Wildman–Crippen LogP) is 3.58. The molecule has 30 heavy (non-hydrogen) atoms. The topological polar surface area (TPSA) is 70.2 Å². The number of anilines is 1. The van der Waals surface area contributed by atoms with E-state index in [9.17, 15) is 9.18 Å². The van der Waals surface area contributed by atoms with Crippen LogP contribution in [-0.4, -0.2) is 60.3 Å². The van der Waals surface area contributed by atoms with Gasteiger partial charge in [-0.1, -0.05) is 12.1 Å². The molecule has 1 aromatic heterocycles. The Bertz CT molecular complexity index is 981. The van der Waals surface area contributed by atoms with Gasteiger partial charge in [-0.15, -0.1) is 0 Å². The Labute approximate surface area is 175 Å². The highest BCUT2D eigenvalue weighted by Gasteiger charge is 2.17. The summed E-state index contributed by atoms with van der Waals surface area (Å²) in [6, 6.07) is 13.5. The molecule has 2 N–H and O–H groups in total. The van der Waals surface area contributed by atoms with Gasteiger partial charge in [0.1, 0.15) is 5.82 Å². The van der Waals surface area contributed by atoms with E-state index in [-0.39, 0.29) is 11.6 Å². The third-order valence-electron chi connectivity index (χ3n) is 5.23. The van der Waals surface area contributed by atoms with Gasteiger partial charge in [-0.25, -0.2) is 4.39 Å². The van der Waals surface area contributed by atoms with Gasteiger partial charge in [-0.3, -0.25) is 14.8 Å². The van der Waals surface area contributed by atoms with Gasteiger partial charge in [-0.2, -0.15) is 5.10 Å². The van der Waals surface area contributed by atoms with E-state index in [4.69, 9.17) is 4.74 Å². The number of ether oxygens (including phenoxy) is 1. The second-order valence-electron chi connectivity index (χ2n) is 7.31. The maximum atomic E-state index is 13.2. The first-order valence-electron chi connectivity index (χ1n) is 10.2. The van der Waals surface area contributed by atoms with E-state index in [0.29, 0.717) is 16.8 Å². The number of morpholine rings is 1. The molecule has 2 heterocycles. The van der Waals surface area contributed by atoms with Crippen LogP contribution in [0.2, 0.25) is 0 Å². The fourth-order valence-corrected chi connectivity index (χ4v) is 3.58. The van der Waals surface area contributed by atoms with Crippen LogP contribution in [0.15, 0.2) is 54.7 Å². The van der Waals surface area contributed by atoms with Crippen LogP contribution >= 0.6 is 0 Å². The molecule has 0 bridgehead atoms. The highest BCUT2D eigenvalue weighted by atomic mass is 19.1. The number of carbonyl (C=O) groups excluding carboxylic acids is 1. The average molecular weight is 408 g/mol. The largest absolute Gasteiger partial charge is 0.385 e. The molecule has 1 aliphatic heterocycles. The molecule has 1 fully saturated rings. The first-order valence-corrected chi connectivity index (χ1v) is 10.2. The Morgan fingerprint density at radius 2 is 1.97 bits per heavy atom. The number of H-pyrrole nitrogens is 1. The first kappa shape index (κ1) is 20.3. The third kappa shape index (κ3) is 4.93. The lowest BCUT2D eigenvalue weighted by molar-refractivity contribution is 0.0378. The minimum absolute atomic E-state index is 0.125. The van der Waals surface area contributed by atoms with Crippen LogP contribution in [0.25, 0.3) is 11.3 Å². The number of hydrogen-bond acceptors (Lipinski definition) is 5. The summed E-state index contributed by atoms with van der Waals surface area (Å²) < 4.78 is 18.6. The van der Waals surface area contributed by atoms with Crippen molar-refractivity contribution in [3.05, 3.63) is 71.7 Å². The van der Waals surface area contributed by atoms with Crippen molar-refractivity contribution in [2.45, 2.75) is 6.42 Å². The number of nitrogens with one attached hydrogen (secondary N) is 2. The fourth-order valence-electron chi connectivity index (χ4n) is 3.58. The zero-order chi connectivity index (χ0) is 20.8.